The van der Waals surface area contributed by atoms with Gasteiger partial charge in [0.1, 0.15) is 24.9 Å². The van der Waals surface area contributed by atoms with E-state index in [4.69, 9.17) is 0 Å². The van der Waals surface area contributed by atoms with E-state index >= 15 is 0 Å². The number of hydrogen-bond acceptors (Lipinski definition) is 2. The van der Waals surface area contributed by atoms with E-state index in [0.717, 1.165) is 6.07 Å². The van der Waals surface area contributed by atoms with Crippen LogP contribution < -0.4 is 9.47 Å². The SMILES string of the molecule is CN1CC[n+]2c(-c3ccccc3)cc(C(F)(F)F)c(C#N)c21. The summed E-state index contributed by atoms with van der Waals surface area (Å²) in [7, 11) is 1.70. The molecule has 0 radical (unpaired) electrons. The summed E-state index contributed by atoms with van der Waals surface area (Å²) in [5, 5.41) is 9.24. The molecule has 2 aromatic rings. The van der Waals surface area contributed by atoms with Crippen molar-refractivity contribution in [3.8, 4) is 17.3 Å². The molecular formula is C16H13F3N3+. The van der Waals surface area contributed by atoms with Gasteiger partial charge in [0.25, 0.3) is 5.82 Å². The molecule has 112 valence electrons. The number of nitrogens with zero attached hydrogens (tertiary/aromatic N) is 3. The summed E-state index contributed by atoms with van der Waals surface area (Å²) in [6.45, 7) is 1.14. The maximum atomic E-state index is 13.3. The van der Waals surface area contributed by atoms with Gasteiger partial charge in [0, 0.05) is 5.56 Å². The lowest BCUT2D eigenvalue weighted by atomic mass is 10.0. The van der Waals surface area contributed by atoms with Crippen molar-refractivity contribution in [1.82, 2.24) is 0 Å². The van der Waals surface area contributed by atoms with Crippen LogP contribution in [0.4, 0.5) is 19.0 Å². The molecule has 1 aliphatic heterocycles. The van der Waals surface area contributed by atoms with E-state index in [0.29, 0.717) is 30.2 Å². The molecule has 1 aliphatic rings. The summed E-state index contributed by atoms with van der Waals surface area (Å²) in [5.74, 6) is 0.330. The summed E-state index contributed by atoms with van der Waals surface area (Å²) in [4.78, 5) is 1.69. The number of aromatic nitrogens is 1. The number of benzene rings is 1. The van der Waals surface area contributed by atoms with Crippen molar-refractivity contribution in [2.75, 3.05) is 18.5 Å². The van der Waals surface area contributed by atoms with E-state index in [2.05, 4.69) is 0 Å². The Balaban J connectivity index is 2.36. The fraction of sp³-hybridized carbons (Fsp3) is 0.250. The van der Waals surface area contributed by atoms with E-state index in [1.54, 1.807) is 46.8 Å². The van der Waals surface area contributed by atoms with E-state index in [1.807, 2.05) is 6.07 Å². The first-order valence-electron chi connectivity index (χ1n) is 6.78. The largest absolute Gasteiger partial charge is 0.418 e. The lowest BCUT2D eigenvalue weighted by molar-refractivity contribution is -0.660. The second-order valence-corrected chi connectivity index (χ2v) is 5.19. The number of nitriles is 1. The van der Waals surface area contributed by atoms with Crippen molar-refractivity contribution >= 4 is 5.82 Å². The van der Waals surface area contributed by atoms with Crippen molar-refractivity contribution in [3.63, 3.8) is 0 Å². The first kappa shape index (κ1) is 14.4. The Bertz CT molecular complexity index is 761. The van der Waals surface area contributed by atoms with Crippen LogP contribution in [-0.2, 0) is 12.7 Å². The Morgan fingerprint density at radius 3 is 2.50 bits per heavy atom. The first-order valence-corrected chi connectivity index (χ1v) is 6.78. The molecule has 0 bridgehead atoms. The maximum absolute atomic E-state index is 13.3. The van der Waals surface area contributed by atoms with Gasteiger partial charge in [0.2, 0.25) is 0 Å². The van der Waals surface area contributed by atoms with E-state index < -0.39 is 11.7 Å². The minimum atomic E-state index is -4.56. The Kier molecular flexibility index (Phi) is 3.28. The highest BCUT2D eigenvalue weighted by atomic mass is 19.4. The second kappa shape index (κ2) is 5.02. The quantitative estimate of drug-likeness (QED) is 0.758. The predicted octanol–water partition coefficient (Wildman–Crippen LogP) is 2.98. The topological polar surface area (TPSA) is 30.9 Å². The average molecular weight is 304 g/mol. The molecular weight excluding hydrogens is 291 g/mol. The number of anilines is 1. The molecule has 22 heavy (non-hydrogen) atoms. The predicted molar refractivity (Wildman–Crippen MR) is 75.1 cm³/mol. The summed E-state index contributed by atoms with van der Waals surface area (Å²) >= 11 is 0. The van der Waals surface area contributed by atoms with E-state index in [1.165, 1.54) is 0 Å². The molecule has 0 amide bonds. The second-order valence-electron chi connectivity index (χ2n) is 5.19. The van der Waals surface area contributed by atoms with Gasteiger partial charge in [-0.25, -0.2) is 4.57 Å². The van der Waals surface area contributed by atoms with E-state index in [9.17, 15) is 18.4 Å². The summed E-state index contributed by atoms with van der Waals surface area (Å²) in [5.41, 5.74) is -0.0126. The van der Waals surface area contributed by atoms with Crippen molar-refractivity contribution in [2.45, 2.75) is 12.7 Å². The number of rotatable bonds is 1. The van der Waals surface area contributed by atoms with Gasteiger partial charge in [-0.3, -0.25) is 4.90 Å². The Hall–Kier alpha value is -2.55. The van der Waals surface area contributed by atoms with Crippen LogP contribution in [0.1, 0.15) is 11.1 Å². The number of likely N-dealkylation sites (N-methyl/N-ethyl adjacent to an activating group) is 1. The molecule has 3 nitrogen and oxygen atoms in total. The molecule has 0 fully saturated rings. The van der Waals surface area contributed by atoms with E-state index in [-0.39, 0.29) is 5.56 Å². The summed E-state index contributed by atoms with van der Waals surface area (Å²) in [6, 6.07) is 11.7. The molecule has 1 aromatic heterocycles. The molecule has 0 aliphatic carbocycles. The number of halogens is 3. The molecule has 0 atom stereocenters. The lowest BCUT2D eigenvalue weighted by Gasteiger charge is -2.14. The number of hydrogen-bond donors (Lipinski definition) is 0. The number of alkyl halides is 3. The van der Waals surface area contributed by atoms with Gasteiger partial charge in [-0.15, -0.1) is 0 Å². The van der Waals surface area contributed by atoms with Crippen LogP contribution in [0.2, 0.25) is 0 Å². The Morgan fingerprint density at radius 2 is 1.91 bits per heavy atom. The molecule has 0 N–H and O–H groups in total. The zero-order valence-electron chi connectivity index (χ0n) is 11.9. The minimum absolute atomic E-state index is 0.313. The Morgan fingerprint density at radius 1 is 1.23 bits per heavy atom. The van der Waals surface area contributed by atoms with Crippen LogP contribution in [0, 0.1) is 11.3 Å². The van der Waals surface area contributed by atoms with Crippen LogP contribution in [-0.4, -0.2) is 13.6 Å². The van der Waals surface area contributed by atoms with Gasteiger partial charge in [-0.1, -0.05) is 30.3 Å². The monoisotopic (exact) mass is 304 g/mol. The van der Waals surface area contributed by atoms with Gasteiger partial charge in [0.05, 0.1) is 12.6 Å². The molecule has 2 heterocycles. The zero-order valence-corrected chi connectivity index (χ0v) is 11.9. The Labute approximate surface area is 125 Å². The third-order valence-electron chi connectivity index (χ3n) is 3.83. The van der Waals surface area contributed by atoms with Crippen molar-refractivity contribution < 1.29 is 17.7 Å². The van der Waals surface area contributed by atoms with Crippen molar-refractivity contribution in [2.24, 2.45) is 0 Å². The summed E-state index contributed by atoms with van der Waals surface area (Å²) < 4.78 is 41.8. The van der Waals surface area contributed by atoms with Crippen LogP contribution in [0.15, 0.2) is 36.4 Å². The van der Waals surface area contributed by atoms with Crippen LogP contribution in [0.25, 0.3) is 11.3 Å². The third-order valence-corrected chi connectivity index (χ3v) is 3.83. The van der Waals surface area contributed by atoms with Gasteiger partial charge in [-0.05, 0) is 6.07 Å². The van der Waals surface area contributed by atoms with Crippen LogP contribution >= 0.6 is 0 Å². The highest BCUT2D eigenvalue weighted by molar-refractivity contribution is 5.64. The summed E-state index contributed by atoms with van der Waals surface area (Å²) in [6.07, 6.45) is -4.56. The fourth-order valence-electron chi connectivity index (χ4n) is 2.82. The number of fused-ring (bicyclic) bond motifs is 1. The normalized spacial score (nSPS) is 13.9. The maximum Gasteiger partial charge on any atom is 0.418 e. The first-order chi connectivity index (χ1) is 10.4. The average Bonchev–Trinajstić information content (AvgIpc) is 2.88. The van der Waals surface area contributed by atoms with Crippen LogP contribution in [0.5, 0.6) is 0 Å². The van der Waals surface area contributed by atoms with Gasteiger partial charge in [-0.2, -0.15) is 18.4 Å². The lowest BCUT2D eigenvalue weighted by Crippen LogP contribution is -2.36. The zero-order chi connectivity index (χ0) is 15.9. The van der Waals surface area contributed by atoms with Crippen molar-refractivity contribution in [3.05, 3.63) is 47.5 Å². The van der Waals surface area contributed by atoms with Crippen molar-refractivity contribution in [1.29, 1.82) is 5.26 Å². The molecule has 0 saturated heterocycles. The fourth-order valence-corrected chi connectivity index (χ4v) is 2.82. The molecule has 0 saturated carbocycles. The van der Waals surface area contributed by atoms with Gasteiger partial charge in [0.15, 0.2) is 5.56 Å². The van der Waals surface area contributed by atoms with Gasteiger partial charge < -0.3 is 0 Å². The van der Waals surface area contributed by atoms with Gasteiger partial charge >= 0.3 is 6.18 Å². The number of pyridine rings is 1. The molecule has 0 unspecified atom stereocenters. The van der Waals surface area contributed by atoms with Crippen LogP contribution in [0.3, 0.4) is 0 Å². The molecule has 1 aromatic carbocycles. The highest BCUT2D eigenvalue weighted by Gasteiger charge is 2.42. The molecule has 3 rings (SSSR count). The molecule has 6 heteroatoms. The standard InChI is InChI=1S/C16H13F3N3/c1-21-7-8-22-14(11-5-3-2-4-6-11)9-13(16(17,18)19)12(10-20)15(21)22/h2-6,9H,7-8H2,1H3/q+1. The minimum Gasteiger partial charge on any atom is -0.259 e. The molecule has 0 spiro atoms. The smallest absolute Gasteiger partial charge is 0.259 e. The highest BCUT2D eigenvalue weighted by Crippen LogP contribution is 2.37. The third kappa shape index (κ3) is 2.19.